The van der Waals surface area contributed by atoms with Gasteiger partial charge in [0.25, 0.3) is 0 Å². The second-order valence-corrected chi connectivity index (χ2v) is 3.93. The van der Waals surface area contributed by atoms with Gasteiger partial charge in [0.05, 0.1) is 18.1 Å². The van der Waals surface area contributed by atoms with Gasteiger partial charge in [-0.1, -0.05) is 23.7 Å². The van der Waals surface area contributed by atoms with Crippen molar-refractivity contribution in [2.45, 2.75) is 13.3 Å². The van der Waals surface area contributed by atoms with Crippen LogP contribution >= 0.6 is 27.5 Å². The van der Waals surface area contributed by atoms with Gasteiger partial charge in [-0.15, -0.1) is 0 Å². The molecule has 0 fully saturated rings. The third-order valence-electron chi connectivity index (χ3n) is 1.67. The van der Waals surface area contributed by atoms with Gasteiger partial charge >= 0.3 is 5.97 Å². The topological polar surface area (TPSA) is 26.3 Å². The Labute approximate surface area is 96.3 Å². The maximum absolute atomic E-state index is 11.2. The summed E-state index contributed by atoms with van der Waals surface area (Å²) in [5.74, 6) is -0.257. The van der Waals surface area contributed by atoms with Crippen molar-refractivity contribution in [3.05, 3.63) is 33.3 Å². The monoisotopic (exact) mass is 276 g/mol. The summed E-state index contributed by atoms with van der Waals surface area (Å²) in [6, 6.07) is 5.48. The molecule has 14 heavy (non-hydrogen) atoms. The quantitative estimate of drug-likeness (QED) is 0.793. The number of hydrogen-bond acceptors (Lipinski definition) is 2. The predicted octanol–water partition coefficient (Wildman–Crippen LogP) is 3.21. The minimum absolute atomic E-state index is 0.214. The molecule has 76 valence electrons. The van der Waals surface area contributed by atoms with E-state index in [4.69, 9.17) is 16.3 Å². The Balaban J connectivity index is 2.76. The fourth-order valence-electron chi connectivity index (χ4n) is 1.05. The van der Waals surface area contributed by atoms with Crippen LogP contribution < -0.4 is 0 Å². The number of hydrogen-bond donors (Lipinski definition) is 0. The molecular formula is C10H10BrClO2. The fourth-order valence-corrected chi connectivity index (χ4v) is 1.65. The molecule has 2 nitrogen and oxygen atoms in total. The van der Waals surface area contributed by atoms with Gasteiger partial charge in [-0.05, 0) is 34.5 Å². The molecule has 0 heterocycles. The average molecular weight is 278 g/mol. The third-order valence-corrected chi connectivity index (χ3v) is 3.01. The van der Waals surface area contributed by atoms with Crippen LogP contribution in [0.25, 0.3) is 0 Å². The number of esters is 1. The van der Waals surface area contributed by atoms with Crippen molar-refractivity contribution in [2.24, 2.45) is 0 Å². The maximum atomic E-state index is 11.2. The highest BCUT2D eigenvalue weighted by Gasteiger charge is 2.09. The summed E-state index contributed by atoms with van der Waals surface area (Å²) in [5.41, 5.74) is 0.777. The highest BCUT2D eigenvalue weighted by Crippen LogP contribution is 2.26. The number of carbonyl (C=O) groups is 1. The van der Waals surface area contributed by atoms with E-state index in [1.807, 2.05) is 18.2 Å². The minimum atomic E-state index is -0.257. The molecule has 0 unspecified atom stereocenters. The molecule has 0 aliphatic heterocycles. The van der Waals surface area contributed by atoms with Gasteiger partial charge in [0.1, 0.15) is 0 Å². The van der Waals surface area contributed by atoms with Crippen LogP contribution in [0.15, 0.2) is 22.7 Å². The lowest BCUT2D eigenvalue weighted by Crippen LogP contribution is -2.07. The van der Waals surface area contributed by atoms with Gasteiger partial charge in [0.15, 0.2) is 0 Å². The van der Waals surface area contributed by atoms with Crippen molar-refractivity contribution < 1.29 is 9.53 Å². The molecule has 0 spiro atoms. The fraction of sp³-hybridized carbons (Fsp3) is 0.300. The summed E-state index contributed by atoms with van der Waals surface area (Å²) < 4.78 is 5.62. The van der Waals surface area contributed by atoms with E-state index < -0.39 is 0 Å². The van der Waals surface area contributed by atoms with Crippen LogP contribution in [0.1, 0.15) is 12.5 Å². The summed E-state index contributed by atoms with van der Waals surface area (Å²) in [6.45, 7) is 2.17. The highest BCUT2D eigenvalue weighted by atomic mass is 79.9. The van der Waals surface area contributed by atoms with Crippen LogP contribution in [0, 0.1) is 0 Å². The zero-order valence-corrected chi connectivity index (χ0v) is 10.1. The number of benzene rings is 1. The first-order valence-electron chi connectivity index (χ1n) is 4.23. The number of carbonyl (C=O) groups excluding carboxylic acids is 1. The zero-order valence-electron chi connectivity index (χ0n) is 7.72. The molecule has 0 aliphatic rings. The molecule has 0 radical (unpaired) electrons. The summed E-state index contributed by atoms with van der Waals surface area (Å²) >= 11 is 9.27. The van der Waals surface area contributed by atoms with E-state index >= 15 is 0 Å². The lowest BCUT2D eigenvalue weighted by atomic mass is 10.1. The SMILES string of the molecule is CCOC(=O)Cc1cccc(Br)c1Cl. The largest absolute Gasteiger partial charge is 0.466 e. The Morgan fingerprint density at radius 3 is 2.93 bits per heavy atom. The van der Waals surface area contributed by atoms with Crippen molar-refractivity contribution in [1.82, 2.24) is 0 Å². The van der Waals surface area contributed by atoms with E-state index in [-0.39, 0.29) is 12.4 Å². The van der Waals surface area contributed by atoms with Gasteiger partial charge in [0, 0.05) is 4.47 Å². The van der Waals surface area contributed by atoms with Crippen molar-refractivity contribution >= 4 is 33.5 Å². The van der Waals surface area contributed by atoms with Crippen LogP contribution in [0.2, 0.25) is 5.02 Å². The smallest absolute Gasteiger partial charge is 0.310 e. The second kappa shape index (κ2) is 5.37. The van der Waals surface area contributed by atoms with E-state index in [9.17, 15) is 4.79 Å². The van der Waals surface area contributed by atoms with Crippen molar-refractivity contribution in [2.75, 3.05) is 6.61 Å². The van der Waals surface area contributed by atoms with Crippen LogP contribution in [0.5, 0.6) is 0 Å². The molecule has 1 aromatic carbocycles. The lowest BCUT2D eigenvalue weighted by Gasteiger charge is -2.05. The summed E-state index contributed by atoms with van der Waals surface area (Å²) in [7, 11) is 0. The number of ether oxygens (including phenoxy) is 1. The van der Waals surface area contributed by atoms with E-state index in [0.29, 0.717) is 11.6 Å². The van der Waals surface area contributed by atoms with Crippen molar-refractivity contribution in [3.63, 3.8) is 0 Å². The first kappa shape index (κ1) is 11.5. The van der Waals surface area contributed by atoms with Crippen LogP contribution in [0.3, 0.4) is 0 Å². The molecule has 0 atom stereocenters. The number of halogens is 2. The summed E-state index contributed by atoms with van der Waals surface area (Å²) in [5, 5.41) is 0.570. The molecule has 4 heteroatoms. The standard InChI is InChI=1S/C10H10BrClO2/c1-2-14-9(13)6-7-4-3-5-8(11)10(7)12/h3-5H,2,6H2,1H3. The van der Waals surface area contributed by atoms with Crippen LogP contribution in [0.4, 0.5) is 0 Å². The Morgan fingerprint density at radius 2 is 2.29 bits per heavy atom. The molecule has 0 aromatic heterocycles. The molecule has 0 N–H and O–H groups in total. The molecular weight excluding hydrogens is 267 g/mol. The molecule has 0 aliphatic carbocycles. The van der Waals surface area contributed by atoms with E-state index in [0.717, 1.165) is 10.0 Å². The van der Waals surface area contributed by atoms with Crippen LogP contribution in [-0.2, 0) is 16.0 Å². The van der Waals surface area contributed by atoms with Gasteiger partial charge in [-0.2, -0.15) is 0 Å². The zero-order chi connectivity index (χ0) is 10.6. The maximum Gasteiger partial charge on any atom is 0.310 e. The molecule has 0 saturated heterocycles. The first-order valence-corrected chi connectivity index (χ1v) is 5.40. The Hall–Kier alpha value is -0.540. The second-order valence-electron chi connectivity index (χ2n) is 2.69. The third kappa shape index (κ3) is 3.00. The Morgan fingerprint density at radius 1 is 1.57 bits per heavy atom. The first-order chi connectivity index (χ1) is 6.65. The normalized spacial score (nSPS) is 9.93. The molecule has 0 bridgehead atoms. The van der Waals surface area contributed by atoms with E-state index in [1.165, 1.54) is 0 Å². The summed E-state index contributed by atoms with van der Waals surface area (Å²) in [6.07, 6.45) is 0.214. The molecule has 0 saturated carbocycles. The Kier molecular flexibility index (Phi) is 4.42. The van der Waals surface area contributed by atoms with Crippen molar-refractivity contribution in [3.8, 4) is 0 Å². The van der Waals surface area contributed by atoms with Gasteiger partial charge in [-0.25, -0.2) is 0 Å². The van der Waals surface area contributed by atoms with E-state index in [2.05, 4.69) is 15.9 Å². The van der Waals surface area contributed by atoms with Crippen LogP contribution in [-0.4, -0.2) is 12.6 Å². The van der Waals surface area contributed by atoms with Crippen molar-refractivity contribution in [1.29, 1.82) is 0 Å². The van der Waals surface area contributed by atoms with Gasteiger partial charge in [0.2, 0.25) is 0 Å². The predicted molar refractivity (Wildman–Crippen MR) is 59.5 cm³/mol. The molecule has 0 amide bonds. The van der Waals surface area contributed by atoms with Gasteiger partial charge < -0.3 is 4.74 Å². The number of rotatable bonds is 3. The Bertz CT molecular complexity index is 339. The molecule has 1 aromatic rings. The van der Waals surface area contributed by atoms with Gasteiger partial charge in [-0.3, -0.25) is 4.79 Å². The highest BCUT2D eigenvalue weighted by molar-refractivity contribution is 9.10. The lowest BCUT2D eigenvalue weighted by molar-refractivity contribution is -0.142. The summed E-state index contributed by atoms with van der Waals surface area (Å²) in [4.78, 5) is 11.2. The van der Waals surface area contributed by atoms with E-state index in [1.54, 1.807) is 6.92 Å². The average Bonchev–Trinajstić information content (AvgIpc) is 2.13. The minimum Gasteiger partial charge on any atom is -0.466 e. The molecule has 1 rings (SSSR count).